The van der Waals surface area contributed by atoms with Gasteiger partial charge in [0, 0.05) is 25.5 Å². The Hall–Kier alpha value is -0.970. The van der Waals surface area contributed by atoms with Gasteiger partial charge < -0.3 is 15.2 Å². The minimum absolute atomic E-state index is 0.372. The van der Waals surface area contributed by atoms with Crippen LogP contribution in [0.5, 0.6) is 0 Å². The largest absolute Gasteiger partial charge is 0.389 e. The smallest absolute Gasteiger partial charge is 0.0897 e. The molecule has 1 atom stereocenters. The molecule has 0 bridgehead atoms. The summed E-state index contributed by atoms with van der Waals surface area (Å²) in [5, 5.41) is 13.1. The highest BCUT2D eigenvalue weighted by atomic mass is 16.5. The van der Waals surface area contributed by atoms with Crippen molar-refractivity contribution < 1.29 is 9.84 Å². The molecule has 1 saturated carbocycles. The fourth-order valence-electron chi connectivity index (χ4n) is 2.44. The van der Waals surface area contributed by atoms with Crippen molar-refractivity contribution in [1.29, 1.82) is 0 Å². The van der Waals surface area contributed by atoms with Gasteiger partial charge in [0.25, 0.3) is 0 Å². The fourth-order valence-corrected chi connectivity index (χ4v) is 2.44. The van der Waals surface area contributed by atoms with Crippen LogP contribution in [-0.2, 0) is 11.3 Å². The average Bonchev–Trinajstić information content (AvgIpc) is 2.92. The van der Waals surface area contributed by atoms with Crippen molar-refractivity contribution in [2.45, 2.75) is 51.4 Å². The first-order valence-corrected chi connectivity index (χ1v) is 7.15. The molecule has 4 nitrogen and oxygen atoms in total. The molecule has 1 fully saturated rings. The second-order valence-electron chi connectivity index (χ2n) is 5.33. The van der Waals surface area contributed by atoms with Crippen LogP contribution in [0, 0.1) is 6.92 Å². The van der Waals surface area contributed by atoms with E-state index in [1.807, 2.05) is 19.2 Å². The summed E-state index contributed by atoms with van der Waals surface area (Å²) < 4.78 is 5.69. The molecule has 106 valence electrons. The van der Waals surface area contributed by atoms with Crippen molar-refractivity contribution in [1.82, 2.24) is 10.3 Å². The zero-order valence-corrected chi connectivity index (χ0v) is 11.6. The monoisotopic (exact) mass is 264 g/mol. The summed E-state index contributed by atoms with van der Waals surface area (Å²) in [6.07, 6.45) is 8.42. The van der Waals surface area contributed by atoms with Gasteiger partial charge in [0.2, 0.25) is 0 Å². The molecule has 1 unspecified atom stereocenters. The Kier molecular flexibility index (Phi) is 5.76. The maximum atomic E-state index is 9.86. The lowest BCUT2D eigenvalue weighted by atomic mass is 10.1. The second kappa shape index (κ2) is 7.58. The van der Waals surface area contributed by atoms with Crippen molar-refractivity contribution >= 4 is 0 Å². The predicted octanol–water partition coefficient (Wildman–Crippen LogP) is 1.80. The third kappa shape index (κ3) is 4.90. The van der Waals surface area contributed by atoms with Crippen LogP contribution in [0.3, 0.4) is 0 Å². The molecule has 1 aromatic rings. The van der Waals surface area contributed by atoms with E-state index in [1.54, 1.807) is 6.20 Å². The van der Waals surface area contributed by atoms with Crippen LogP contribution in [0.4, 0.5) is 0 Å². The first-order chi connectivity index (χ1) is 9.25. The Bertz CT molecular complexity index is 378. The molecule has 0 radical (unpaired) electrons. The molecule has 1 aliphatic rings. The Morgan fingerprint density at radius 3 is 3.00 bits per heavy atom. The van der Waals surface area contributed by atoms with Crippen LogP contribution in [0.25, 0.3) is 0 Å². The topological polar surface area (TPSA) is 54.4 Å². The fraction of sp³-hybridized carbons (Fsp3) is 0.667. The van der Waals surface area contributed by atoms with Crippen molar-refractivity contribution in [3.05, 3.63) is 29.6 Å². The Labute approximate surface area is 115 Å². The first-order valence-electron chi connectivity index (χ1n) is 7.15. The number of ether oxygens (including phenoxy) is 1. The molecule has 0 spiro atoms. The zero-order valence-electron chi connectivity index (χ0n) is 11.6. The lowest BCUT2D eigenvalue weighted by Gasteiger charge is -2.16. The van der Waals surface area contributed by atoms with Gasteiger partial charge in [0.15, 0.2) is 0 Å². The number of pyridine rings is 1. The highest BCUT2D eigenvalue weighted by Crippen LogP contribution is 2.20. The highest BCUT2D eigenvalue weighted by Gasteiger charge is 2.16. The van der Waals surface area contributed by atoms with E-state index in [0.29, 0.717) is 19.3 Å². The van der Waals surface area contributed by atoms with Crippen molar-refractivity contribution in [3.63, 3.8) is 0 Å². The van der Waals surface area contributed by atoms with E-state index in [1.165, 1.54) is 24.0 Å². The third-order valence-corrected chi connectivity index (χ3v) is 3.66. The normalized spacial score (nSPS) is 17.8. The van der Waals surface area contributed by atoms with Gasteiger partial charge >= 0.3 is 0 Å². The van der Waals surface area contributed by atoms with Gasteiger partial charge in [-0.05, 0) is 37.0 Å². The lowest BCUT2D eigenvalue weighted by molar-refractivity contribution is -0.00550. The number of aliphatic hydroxyl groups excluding tert-OH is 1. The minimum atomic E-state index is -0.428. The number of aliphatic hydroxyl groups is 1. The highest BCUT2D eigenvalue weighted by molar-refractivity contribution is 5.21. The predicted molar refractivity (Wildman–Crippen MR) is 74.9 cm³/mol. The summed E-state index contributed by atoms with van der Waals surface area (Å²) in [5.41, 5.74) is 2.39. The van der Waals surface area contributed by atoms with Gasteiger partial charge in [-0.3, -0.25) is 4.98 Å². The van der Waals surface area contributed by atoms with Crippen molar-refractivity contribution in [3.8, 4) is 0 Å². The zero-order chi connectivity index (χ0) is 13.5. The van der Waals surface area contributed by atoms with Gasteiger partial charge in [0.1, 0.15) is 0 Å². The van der Waals surface area contributed by atoms with E-state index in [2.05, 4.69) is 10.3 Å². The summed E-state index contributed by atoms with van der Waals surface area (Å²) in [6, 6.07) is 2.00. The van der Waals surface area contributed by atoms with Crippen LogP contribution in [-0.4, -0.2) is 35.5 Å². The SMILES string of the molecule is Cc1cnccc1CNCC(O)COC1CCCC1. The molecule has 2 rings (SSSR count). The van der Waals surface area contributed by atoms with Crippen molar-refractivity contribution in [2.75, 3.05) is 13.2 Å². The Balaban J connectivity index is 1.61. The van der Waals surface area contributed by atoms with Gasteiger partial charge in [-0.25, -0.2) is 0 Å². The summed E-state index contributed by atoms with van der Waals surface area (Å²) in [5.74, 6) is 0. The van der Waals surface area contributed by atoms with Gasteiger partial charge in [-0.1, -0.05) is 12.8 Å². The summed E-state index contributed by atoms with van der Waals surface area (Å²) in [6.45, 7) is 3.81. The van der Waals surface area contributed by atoms with Crippen LogP contribution in [0.2, 0.25) is 0 Å². The second-order valence-corrected chi connectivity index (χ2v) is 5.33. The lowest BCUT2D eigenvalue weighted by Crippen LogP contribution is -2.31. The van der Waals surface area contributed by atoms with E-state index in [-0.39, 0.29) is 0 Å². The molecule has 0 amide bonds. The molecule has 0 aromatic carbocycles. The van der Waals surface area contributed by atoms with E-state index in [4.69, 9.17) is 4.74 Å². The maximum absolute atomic E-state index is 9.86. The first kappa shape index (κ1) is 14.4. The van der Waals surface area contributed by atoms with E-state index in [0.717, 1.165) is 19.4 Å². The Morgan fingerprint density at radius 1 is 1.47 bits per heavy atom. The van der Waals surface area contributed by atoms with E-state index >= 15 is 0 Å². The molecule has 4 heteroatoms. The molecule has 19 heavy (non-hydrogen) atoms. The number of hydrogen-bond acceptors (Lipinski definition) is 4. The van der Waals surface area contributed by atoms with E-state index in [9.17, 15) is 5.11 Å². The standard InChI is InChI=1S/C15H24N2O2/c1-12-8-16-7-6-13(12)9-17-10-14(18)11-19-15-4-2-3-5-15/h6-8,14-15,17-18H,2-5,9-11H2,1H3. The molecule has 1 aromatic heterocycles. The summed E-state index contributed by atoms with van der Waals surface area (Å²) in [7, 11) is 0. The van der Waals surface area contributed by atoms with Crippen LogP contribution in [0.1, 0.15) is 36.8 Å². The number of hydrogen-bond donors (Lipinski definition) is 2. The number of nitrogens with zero attached hydrogens (tertiary/aromatic N) is 1. The van der Waals surface area contributed by atoms with Gasteiger partial charge in [0.05, 0.1) is 18.8 Å². The van der Waals surface area contributed by atoms with Gasteiger partial charge in [-0.2, -0.15) is 0 Å². The van der Waals surface area contributed by atoms with Crippen LogP contribution < -0.4 is 5.32 Å². The number of aromatic nitrogens is 1. The molecule has 2 N–H and O–H groups in total. The average molecular weight is 264 g/mol. The molecule has 1 aliphatic carbocycles. The quantitative estimate of drug-likeness (QED) is 0.788. The molecular formula is C15H24N2O2. The molecular weight excluding hydrogens is 240 g/mol. The number of nitrogens with one attached hydrogen (secondary N) is 1. The molecule has 0 aliphatic heterocycles. The summed E-state index contributed by atoms with van der Waals surface area (Å²) in [4.78, 5) is 4.06. The number of aryl methyl sites for hydroxylation is 1. The van der Waals surface area contributed by atoms with Crippen LogP contribution >= 0.6 is 0 Å². The molecule has 1 heterocycles. The Morgan fingerprint density at radius 2 is 2.26 bits per heavy atom. The maximum Gasteiger partial charge on any atom is 0.0897 e. The molecule has 0 saturated heterocycles. The van der Waals surface area contributed by atoms with E-state index < -0.39 is 6.10 Å². The summed E-state index contributed by atoms with van der Waals surface area (Å²) >= 11 is 0. The van der Waals surface area contributed by atoms with Crippen LogP contribution in [0.15, 0.2) is 18.5 Å². The van der Waals surface area contributed by atoms with Gasteiger partial charge in [-0.15, -0.1) is 0 Å². The van der Waals surface area contributed by atoms with Crippen molar-refractivity contribution in [2.24, 2.45) is 0 Å². The number of rotatable bonds is 7. The minimum Gasteiger partial charge on any atom is -0.389 e. The third-order valence-electron chi connectivity index (χ3n) is 3.66.